The van der Waals surface area contributed by atoms with Gasteiger partial charge in [-0.1, -0.05) is 6.08 Å². The van der Waals surface area contributed by atoms with Gasteiger partial charge in [-0.2, -0.15) is 0 Å². The maximum atomic E-state index is 13.3. The number of rotatable bonds is 6. The first-order valence-corrected chi connectivity index (χ1v) is 12.9. The van der Waals surface area contributed by atoms with Crippen molar-refractivity contribution in [3.8, 4) is 11.5 Å². The summed E-state index contributed by atoms with van der Waals surface area (Å²) in [6.45, 7) is 5.85. The van der Waals surface area contributed by atoms with Gasteiger partial charge in [-0.05, 0) is 55.9 Å². The second-order valence-electron chi connectivity index (χ2n) is 11.0. The van der Waals surface area contributed by atoms with Crippen molar-refractivity contribution in [3.05, 3.63) is 60.1 Å². The molecule has 1 amide bonds. The molecule has 7 nitrogen and oxygen atoms in total. The van der Waals surface area contributed by atoms with E-state index in [2.05, 4.69) is 16.4 Å². The Bertz CT molecular complexity index is 1220. The van der Waals surface area contributed by atoms with Gasteiger partial charge in [0.25, 0.3) is 0 Å². The fraction of sp³-hybridized carbons (Fsp3) is 0.483. The Hall–Kier alpha value is -3.19. The molecule has 1 saturated carbocycles. The lowest BCUT2D eigenvalue weighted by Gasteiger charge is -2.60. The van der Waals surface area contributed by atoms with E-state index in [1.165, 1.54) is 11.1 Å². The van der Waals surface area contributed by atoms with Crippen molar-refractivity contribution >= 4 is 17.7 Å². The summed E-state index contributed by atoms with van der Waals surface area (Å²) in [5.74, 6) is 1.22. The zero-order valence-electron chi connectivity index (χ0n) is 21.3. The highest BCUT2D eigenvalue weighted by atomic mass is 16.5. The maximum absolute atomic E-state index is 13.3. The van der Waals surface area contributed by atoms with Crippen LogP contribution >= 0.6 is 0 Å². The molecular weight excluding hydrogens is 454 g/mol. The Labute approximate surface area is 212 Å². The second kappa shape index (κ2) is 8.44. The summed E-state index contributed by atoms with van der Waals surface area (Å²) in [6.07, 6.45) is 12.2. The van der Waals surface area contributed by atoms with Gasteiger partial charge in [-0.25, -0.2) is 0 Å². The Kier molecular flexibility index (Phi) is 5.45. The van der Waals surface area contributed by atoms with E-state index >= 15 is 0 Å². The van der Waals surface area contributed by atoms with Crippen molar-refractivity contribution in [1.82, 2.24) is 9.80 Å². The first-order chi connectivity index (χ1) is 17.4. The molecule has 36 heavy (non-hydrogen) atoms. The number of hydrogen-bond acceptors (Lipinski definition) is 6. The average molecular weight is 490 g/mol. The predicted octanol–water partition coefficient (Wildman–Crippen LogP) is 3.82. The molecule has 7 heteroatoms. The van der Waals surface area contributed by atoms with Gasteiger partial charge < -0.3 is 24.1 Å². The largest absolute Gasteiger partial charge is 0.504 e. The summed E-state index contributed by atoms with van der Waals surface area (Å²) >= 11 is 0. The van der Waals surface area contributed by atoms with Crippen LogP contribution in [0.4, 0.5) is 5.69 Å². The third-order valence-corrected chi connectivity index (χ3v) is 9.16. The molecule has 0 unspecified atom stereocenters. The highest BCUT2D eigenvalue weighted by Gasteiger charge is 2.66. The number of phenols is 1. The minimum Gasteiger partial charge on any atom is -0.504 e. The predicted molar refractivity (Wildman–Crippen MR) is 139 cm³/mol. The van der Waals surface area contributed by atoms with Crippen molar-refractivity contribution in [2.45, 2.75) is 49.3 Å². The molecule has 2 aromatic rings. The van der Waals surface area contributed by atoms with Crippen LogP contribution in [0.25, 0.3) is 6.08 Å². The number of carbonyl (C=O) groups excluding carboxylic acids is 1. The zero-order valence-corrected chi connectivity index (χ0v) is 21.3. The van der Waals surface area contributed by atoms with Gasteiger partial charge in [0.2, 0.25) is 5.91 Å². The molecule has 190 valence electrons. The molecule has 2 aliphatic heterocycles. The monoisotopic (exact) mass is 489 g/mol. The maximum Gasteiger partial charge on any atom is 0.246 e. The topological polar surface area (TPSA) is 69.4 Å². The van der Waals surface area contributed by atoms with Crippen LogP contribution in [0.1, 0.15) is 36.0 Å². The summed E-state index contributed by atoms with van der Waals surface area (Å²) in [4.78, 5) is 19.8. The lowest BCUT2D eigenvalue weighted by molar-refractivity contribution is -0.135. The summed E-state index contributed by atoms with van der Waals surface area (Å²) < 4.78 is 11.9. The molecule has 6 rings (SSSR count). The zero-order chi connectivity index (χ0) is 25.2. The number of nitrogens with zero attached hydrogens (tertiary/aromatic N) is 3. The molecular formula is C29H35N3O4. The summed E-state index contributed by atoms with van der Waals surface area (Å²) in [6, 6.07) is 4.01. The molecule has 1 aromatic heterocycles. The summed E-state index contributed by atoms with van der Waals surface area (Å²) in [5, 5.41) is 11.1. The van der Waals surface area contributed by atoms with Crippen molar-refractivity contribution in [1.29, 1.82) is 0 Å². The number of ether oxygens (including phenoxy) is 1. The fourth-order valence-electron chi connectivity index (χ4n) is 7.67. The third-order valence-electron chi connectivity index (χ3n) is 9.16. The van der Waals surface area contributed by atoms with Crippen molar-refractivity contribution in [2.24, 2.45) is 5.92 Å². The van der Waals surface area contributed by atoms with Crippen LogP contribution < -0.4 is 9.64 Å². The van der Waals surface area contributed by atoms with Crippen LogP contribution in [0.3, 0.4) is 0 Å². The first kappa shape index (κ1) is 23.2. The SMILES string of the molecule is C=CCN1CC[C@]23c4c5c(N(C)C)cc(O)c4O[C@H]2[C@H](N(C)C(=O)/C=C/c2ccoc2)CC[C@H]3[C@H]1C5. The summed E-state index contributed by atoms with van der Waals surface area (Å²) in [5.41, 5.74) is 4.21. The highest BCUT2D eigenvalue weighted by molar-refractivity contribution is 5.92. The lowest BCUT2D eigenvalue weighted by atomic mass is 9.50. The number of likely N-dealkylation sites (N-methyl/N-ethyl adjacent to an activating group) is 1. The van der Waals surface area contributed by atoms with Gasteiger partial charge >= 0.3 is 0 Å². The first-order valence-electron chi connectivity index (χ1n) is 12.9. The molecule has 5 atom stereocenters. The minimum absolute atomic E-state index is 0.0505. The lowest BCUT2D eigenvalue weighted by Crippen LogP contribution is -2.68. The molecule has 0 radical (unpaired) electrons. The van der Waals surface area contributed by atoms with Crippen LogP contribution in [0.15, 0.2) is 47.8 Å². The van der Waals surface area contributed by atoms with Crippen molar-refractivity contribution in [3.63, 3.8) is 0 Å². The number of amides is 1. The number of benzene rings is 1. The second-order valence-corrected chi connectivity index (χ2v) is 11.0. The molecule has 1 N–H and O–H groups in total. The Morgan fingerprint density at radius 2 is 2.17 bits per heavy atom. The average Bonchev–Trinajstić information content (AvgIpc) is 3.50. The van der Waals surface area contributed by atoms with E-state index < -0.39 is 0 Å². The van der Waals surface area contributed by atoms with Gasteiger partial charge in [0.15, 0.2) is 11.5 Å². The van der Waals surface area contributed by atoms with E-state index in [1.54, 1.807) is 24.7 Å². The van der Waals surface area contributed by atoms with E-state index in [1.807, 2.05) is 44.3 Å². The molecule has 2 bridgehead atoms. The molecule has 2 aliphatic carbocycles. The van der Waals surface area contributed by atoms with Crippen LogP contribution in [-0.2, 0) is 16.6 Å². The van der Waals surface area contributed by atoms with Crippen molar-refractivity contribution < 1.29 is 19.1 Å². The quantitative estimate of drug-likeness (QED) is 0.492. The smallest absolute Gasteiger partial charge is 0.246 e. The van der Waals surface area contributed by atoms with Crippen LogP contribution in [0, 0.1) is 5.92 Å². The van der Waals surface area contributed by atoms with E-state index in [4.69, 9.17) is 9.15 Å². The molecule has 1 spiro atoms. The highest BCUT2D eigenvalue weighted by Crippen LogP contribution is 2.65. The molecule has 2 fully saturated rings. The fourth-order valence-corrected chi connectivity index (χ4v) is 7.67. The number of carbonyl (C=O) groups is 1. The van der Waals surface area contributed by atoms with E-state index in [9.17, 15) is 9.90 Å². The number of hydrogen-bond donors (Lipinski definition) is 1. The number of furan rings is 1. The van der Waals surface area contributed by atoms with Gasteiger partial charge in [-0.3, -0.25) is 9.69 Å². The number of likely N-dealkylation sites (tertiary alicyclic amines) is 1. The minimum atomic E-state index is -0.208. The number of aromatic hydroxyl groups is 1. The van der Waals surface area contributed by atoms with Gasteiger partial charge in [0, 0.05) is 68.1 Å². The summed E-state index contributed by atoms with van der Waals surface area (Å²) in [7, 11) is 5.96. The molecule has 4 aliphatic rings. The van der Waals surface area contributed by atoms with E-state index in [0.717, 1.165) is 50.0 Å². The van der Waals surface area contributed by atoms with Gasteiger partial charge in [-0.15, -0.1) is 6.58 Å². The normalized spacial score (nSPS) is 30.1. The van der Waals surface area contributed by atoms with Crippen LogP contribution in [0.5, 0.6) is 11.5 Å². The Balaban J connectivity index is 1.43. The number of piperidine rings is 1. The third kappa shape index (κ3) is 3.18. The molecule has 1 saturated heterocycles. The standard InChI is InChI=1S/C29H35N3O4/c1-5-12-32-13-11-29-20-7-8-21(31(4)25(34)9-6-18-10-14-35-17-18)28(29)36-27-24(33)16-22(30(2)3)19(26(27)29)15-23(20)32/h5-6,9-10,14,16-17,20-21,23,28,33H,1,7-8,11-13,15H2,2-4H3/b9-6+/t20-,21+,23+,28-,29-/m0/s1. The van der Waals surface area contributed by atoms with E-state index in [0.29, 0.717) is 17.7 Å². The van der Waals surface area contributed by atoms with E-state index in [-0.39, 0.29) is 29.2 Å². The molecule has 3 heterocycles. The molecule has 1 aromatic carbocycles. The van der Waals surface area contributed by atoms with Crippen LogP contribution in [0.2, 0.25) is 0 Å². The van der Waals surface area contributed by atoms with Gasteiger partial charge in [0.05, 0.1) is 18.6 Å². The number of phenolic OH excluding ortho intramolecular Hbond substituents is 1. The van der Waals surface area contributed by atoms with Crippen LogP contribution in [-0.4, -0.2) is 73.2 Å². The number of anilines is 1. The van der Waals surface area contributed by atoms with Crippen molar-refractivity contribution in [2.75, 3.05) is 39.1 Å². The Morgan fingerprint density at radius 3 is 2.89 bits per heavy atom. The Morgan fingerprint density at radius 1 is 1.33 bits per heavy atom. The van der Waals surface area contributed by atoms with Gasteiger partial charge in [0.1, 0.15) is 6.10 Å².